The van der Waals surface area contributed by atoms with Gasteiger partial charge in [-0.3, -0.25) is 0 Å². The van der Waals surface area contributed by atoms with Gasteiger partial charge in [-0.1, -0.05) is 31.9 Å². The normalized spacial score (nSPS) is 15.9. The Labute approximate surface area is 126 Å². The Morgan fingerprint density at radius 3 is 2.20 bits per heavy atom. The van der Waals surface area contributed by atoms with Crippen molar-refractivity contribution in [2.75, 3.05) is 0 Å². The first-order valence-electron chi connectivity index (χ1n) is 6.58. The van der Waals surface area contributed by atoms with Crippen LogP contribution in [0.1, 0.15) is 34.1 Å². The highest BCUT2D eigenvalue weighted by molar-refractivity contribution is 7.89. The number of hydrogen-bond acceptors (Lipinski definition) is 3. The molecule has 0 aliphatic rings. The molecule has 0 bridgehead atoms. The summed E-state index contributed by atoms with van der Waals surface area (Å²) in [5.41, 5.74) is -1.14. The first kappa shape index (κ1) is 17.4. The minimum atomic E-state index is -3.68. The molecule has 20 heavy (non-hydrogen) atoms. The van der Waals surface area contributed by atoms with Crippen LogP contribution in [0.25, 0.3) is 0 Å². The van der Waals surface area contributed by atoms with E-state index in [0.717, 1.165) is 6.42 Å². The van der Waals surface area contributed by atoms with Crippen molar-refractivity contribution in [2.24, 2.45) is 5.92 Å². The molecule has 0 saturated carbocycles. The topological polar surface area (TPSA) is 66.4 Å². The molecule has 0 unspecified atom stereocenters. The molecular weight excluding hydrogens is 298 g/mol. The predicted octanol–water partition coefficient (Wildman–Crippen LogP) is 2.80. The Balaban J connectivity index is 3.06. The Morgan fingerprint density at radius 2 is 1.80 bits per heavy atom. The van der Waals surface area contributed by atoms with Gasteiger partial charge in [0.2, 0.25) is 10.0 Å². The second-order valence-electron chi connectivity index (χ2n) is 5.59. The van der Waals surface area contributed by atoms with E-state index in [1.807, 2.05) is 13.8 Å². The third-order valence-electron chi connectivity index (χ3n) is 3.38. The first-order chi connectivity index (χ1) is 9.08. The molecule has 0 spiro atoms. The van der Waals surface area contributed by atoms with Gasteiger partial charge in [-0.05, 0) is 44.0 Å². The van der Waals surface area contributed by atoms with Crippen LogP contribution >= 0.6 is 11.6 Å². The zero-order chi connectivity index (χ0) is 15.6. The SMILES string of the molecule is CC[C@H](C)[C@H](NS(=O)(=O)c1ccc(Cl)cc1)C(C)(C)O. The number of aliphatic hydroxyl groups is 1. The van der Waals surface area contributed by atoms with Crippen LogP contribution in [0.15, 0.2) is 29.2 Å². The average molecular weight is 320 g/mol. The van der Waals surface area contributed by atoms with E-state index in [2.05, 4.69) is 4.72 Å². The summed E-state index contributed by atoms with van der Waals surface area (Å²) in [6.45, 7) is 7.08. The van der Waals surface area contributed by atoms with Crippen molar-refractivity contribution in [3.05, 3.63) is 29.3 Å². The zero-order valence-electron chi connectivity index (χ0n) is 12.2. The van der Waals surface area contributed by atoms with Crippen LogP contribution in [0.4, 0.5) is 0 Å². The maximum Gasteiger partial charge on any atom is 0.240 e. The van der Waals surface area contributed by atoms with E-state index in [9.17, 15) is 13.5 Å². The van der Waals surface area contributed by atoms with Crippen LogP contribution in [0.3, 0.4) is 0 Å². The van der Waals surface area contributed by atoms with Gasteiger partial charge in [-0.15, -0.1) is 0 Å². The highest BCUT2D eigenvalue weighted by Crippen LogP contribution is 2.22. The molecule has 0 amide bonds. The van der Waals surface area contributed by atoms with Crippen LogP contribution in [-0.2, 0) is 10.0 Å². The fourth-order valence-electron chi connectivity index (χ4n) is 2.04. The monoisotopic (exact) mass is 319 g/mol. The van der Waals surface area contributed by atoms with Crippen molar-refractivity contribution in [1.29, 1.82) is 0 Å². The van der Waals surface area contributed by atoms with Gasteiger partial charge in [0.25, 0.3) is 0 Å². The van der Waals surface area contributed by atoms with Gasteiger partial charge in [0, 0.05) is 5.02 Å². The van der Waals surface area contributed by atoms with E-state index >= 15 is 0 Å². The summed E-state index contributed by atoms with van der Waals surface area (Å²) >= 11 is 5.76. The summed E-state index contributed by atoms with van der Waals surface area (Å²) in [4.78, 5) is 0.138. The van der Waals surface area contributed by atoms with Crippen molar-refractivity contribution in [2.45, 2.75) is 50.7 Å². The summed E-state index contributed by atoms with van der Waals surface area (Å²) in [5.74, 6) is 0.0112. The molecule has 0 aliphatic carbocycles. The Hall–Kier alpha value is -0.620. The largest absolute Gasteiger partial charge is 0.389 e. The minimum Gasteiger partial charge on any atom is -0.389 e. The maximum absolute atomic E-state index is 12.4. The minimum absolute atomic E-state index is 0.0112. The maximum atomic E-state index is 12.4. The number of halogens is 1. The summed E-state index contributed by atoms with van der Waals surface area (Å²) in [6.07, 6.45) is 0.762. The Morgan fingerprint density at radius 1 is 1.30 bits per heavy atom. The molecule has 2 N–H and O–H groups in total. The lowest BCUT2D eigenvalue weighted by atomic mass is 9.87. The smallest absolute Gasteiger partial charge is 0.240 e. The number of rotatable bonds is 6. The van der Waals surface area contributed by atoms with E-state index in [0.29, 0.717) is 5.02 Å². The van der Waals surface area contributed by atoms with Crippen molar-refractivity contribution in [3.63, 3.8) is 0 Å². The summed E-state index contributed by atoms with van der Waals surface area (Å²) in [5, 5.41) is 10.7. The molecule has 1 aromatic carbocycles. The summed E-state index contributed by atoms with van der Waals surface area (Å²) < 4.78 is 27.3. The average Bonchev–Trinajstić information content (AvgIpc) is 2.34. The number of hydrogen-bond donors (Lipinski definition) is 2. The molecule has 0 heterocycles. The molecule has 114 valence electrons. The predicted molar refractivity (Wildman–Crippen MR) is 81.3 cm³/mol. The lowest BCUT2D eigenvalue weighted by Crippen LogP contribution is -2.52. The molecule has 0 fully saturated rings. The van der Waals surface area contributed by atoms with E-state index < -0.39 is 21.7 Å². The van der Waals surface area contributed by atoms with Crippen LogP contribution in [0.2, 0.25) is 5.02 Å². The Kier molecular flexibility index (Phi) is 5.61. The number of benzene rings is 1. The van der Waals surface area contributed by atoms with Crippen LogP contribution in [0.5, 0.6) is 0 Å². The van der Waals surface area contributed by atoms with Crippen molar-refractivity contribution in [1.82, 2.24) is 4.72 Å². The second-order valence-corrected chi connectivity index (χ2v) is 7.74. The lowest BCUT2D eigenvalue weighted by Gasteiger charge is -2.34. The number of nitrogens with one attached hydrogen (secondary N) is 1. The molecule has 0 saturated heterocycles. The second kappa shape index (κ2) is 6.43. The highest BCUT2D eigenvalue weighted by Gasteiger charge is 2.34. The van der Waals surface area contributed by atoms with Gasteiger partial charge in [0.15, 0.2) is 0 Å². The van der Waals surface area contributed by atoms with Crippen LogP contribution in [-0.4, -0.2) is 25.2 Å². The zero-order valence-corrected chi connectivity index (χ0v) is 13.8. The lowest BCUT2D eigenvalue weighted by molar-refractivity contribution is 0.0257. The van der Waals surface area contributed by atoms with Gasteiger partial charge < -0.3 is 5.11 Å². The fourth-order valence-corrected chi connectivity index (χ4v) is 3.65. The summed E-state index contributed by atoms with van der Waals surface area (Å²) in [6, 6.07) is 5.38. The highest BCUT2D eigenvalue weighted by atomic mass is 35.5. The third kappa shape index (κ3) is 4.45. The Bertz CT molecular complexity index is 535. The van der Waals surface area contributed by atoms with Crippen molar-refractivity contribution >= 4 is 21.6 Å². The van der Waals surface area contributed by atoms with Gasteiger partial charge in [0.05, 0.1) is 16.5 Å². The van der Waals surface area contributed by atoms with E-state index in [-0.39, 0.29) is 10.8 Å². The van der Waals surface area contributed by atoms with Gasteiger partial charge >= 0.3 is 0 Å². The quantitative estimate of drug-likeness (QED) is 0.847. The molecule has 0 aromatic heterocycles. The van der Waals surface area contributed by atoms with Crippen molar-refractivity contribution in [3.8, 4) is 0 Å². The fraction of sp³-hybridized carbons (Fsp3) is 0.571. The van der Waals surface area contributed by atoms with Crippen molar-refractivity contribution < 1.29 is 13.5 Å². The van der Waals surface area contributed by atoms with Gasteiger partial charge in [-0.25, -0.2) is 13.1 Å². The molecule has 0 aliphatic heterocycles. The van der Waals surface area contributed by atoms with Gasteiger partial charge in [-0.2, -0.15) is 0 Å². The molecule has 0 radical (unpaired) electrons. The molecular formula is C14H22ClNO3S. The van der Waals surface area contributed by atoms with Gasteiger partial charge in [0.1, 0.15) is 0 Å². The van der Waals surface area contributed by atoms with Crippen LogP contribution < -0.4 is 4.72 Å². The van der Waals surface area contributed by atoms with E-state index in [1.54, 1.807) is 13.8 Å². The molecule has 2 atom stereocenters. The van der Waals surface area contributed by atoms with E-state index in [1.165, 1.54) is 24.3 Å². The summed E-state index contributed by atoms with van der Waals surface area (Å²) in [7, 11) is -3.68. The van der Waals surface area contributed by atoms with E-state index in [4.69, 9.17) is 11.6 Å². The molecule has 1 rings (SSSR count). The third-order valence-corrected chi connectivity index (χ3v) is 5.09. The molecule has 4 nitrogen and oxygen atoms in total. The standard InChI is InChI=1S/C14H22ClNO3S/c1-5-10(2)13(14(3,4)17)16-20(18,19)12-8-6-11(15)7-9-12/h6-10,13,16-17H,5H2,1-4H3/t10-,13-/m0/s1. The number of sulfonamides is 1. The molecule has 6 heteroatoms. The first-order valence-corrected chi connectivity index (χ1v) is 8.44. The van der Waals surface area contributed by atoms with Crippen LogP contribution in [0, 0.1) is 5.92 Å². The molecule has 1 aromatic rings.